The molecule has 1 heterocycles. The highest BCUT2D eigenvalue weighted by Crippen LogP contribution is 2.24. The van der Waals surface area contributed by atoms with Gasteiger partial charge in [0.1, 0.15) is 5.69 Å². The van der Waals surface area contributed by atoms with E-state index >= 15 is 0 Å². The molecule has 7 heteroatoms. The highest BCUT2D eigenvalue weighted by molar-refractivity contribution is 5.96. The number of hydrogen-bond acceptors (Lipinski definition) is 5. The van der Waals surface area contributed by atoms with E-state index in [0.29, 0.717) is 0 Å². The maximum atomic E-state index is 12.6. The van der Waals surface area contributed by atoms with Crippen molar-refractivity contribution in [2.45, 2.75) is 19.9 Å². The zero-order valence-corrected chi connectivity index (χ0v) is 15.6. The third kappa shape index (κ3) is 4.25. The second-order valence-corrected chi connectivity index (χ2v) is 6.75. The quantitative estimate of drug-likeness (QED) is 0.648. The van der Waals surface area contributed by atoms with Crippen molar-refractivity contribution in [1.29, 1.82) is 0 Å². The maximum Gasteiger partial charge on any atom is 0.292 e. The van der Waals surface area contributed by atoms with Crippen LogP contribution in [-0.4, -0.2) is 48.0 Å². The summed E-state index contributed by atoms with van der Waals surface area (Å²) in [6.07, 6.45) is 0. The Bertz CT molecular complexity index is 831. The van der Waals surface area contributed by atoms with Crippen LogP contribution in [0, 0.1) is 17.0 Å². The molecule has 0 aliphatic carbocycles. The lowest BCUT2D eigenvalue weighted by molar-refractivity contribution is -0.383. The van der Waals surface area contributed by atoms with Crippen LogP contribution >= 0.6 is 0 Å². The fourth-order valence-electron chi connectivity index (χ4n) is 3.41. The molecule has 1 saturated heterocycles. The van der Waals surface area contributed by atoms with Gasteiger partial charge in [-0.25, -0.2) is 0 Å². The van der Waals surface area contributed by atoms with Crippen LogP contribution in [0.3, 0.4) is 0 Å². The predicted octanol–water partition coefficient (Wildman–Crippen LogP) is 3.05. The standard InChI is InChI=1S/C20H24N4O3/c1-15-7-3-5-9-18(15)23-13-11-22(12-14-23)16(2)20(25)21-17-8-4-6-10-19(17)24(26)27/h3-10,16H,11-14H2,1-2H3,(H,21,25)/t16-/m0/s1. The number of nitro benzene ring substituents is 1. The highest BCUT2D eigenvalue weighted by Gasteiger charge is 2.27. The van der Waals surface area contributed by atoms with E-state index < -0.39 is 4.92 Å². The van der Waals surface area contributed by atoms with Gasteiger partial charge in [-0.15, -0.1) is 0 Å². The van der Waals surface area contributed by atoms with E-state index in [1.165, 1.54) is 17.3 Å². The van der Waals surface area contributed by atoms with Gasteiger partial charge in [-0.2, -0.15) is 0 Å². The molecule has 7 nitrogen and oxygen atoms in total. The summed E-state index contributed by atoms with van der Waals surface area (Å²) in [4.78, 5) is 27.7. The molecule has 1 atom stereocenters. The van der Waals surface area contributed by atoms with Crippen molar-refractivity contribution in [2.24, 2.45) is 0 Å². The maximum absolute atomic E-state index is 12.6. The number of nitrogens with zero attached hydrogens (tertiary/aromatic N) is 3. The molecule has 0 aromatic heterocycles. The molecule has 1 N–H and O–H groups in total. The first-order valence-electron chi connectivity index (χ1n) is 9.06. The lowest BCUT2D eigenvalue weighted by Gasteiger charge is -2.39. The van der Waals surface area contributed by atoms with Gasteiger partial charge in [0.2, 0.25) is 5.91 Å². The monoisotopic (exact) mass is 368 g/mol. The Labute approximate surface area is 158 Å². The number of carbonyl (C=O) groups is 1. The number of piperazine rings is 1. The van der Waals surface area contributed by atoms with Gasteiger partial charge < -0.3 is 10.2 Å². The number of rotatable bonds is 5. The average molecular weight is 368 g/mol. The van der Waals surface area contributed by atoms with Crippen molar-refractivity contribution in [1.82, 2.24) is 4.90 Å². The first-order chi connectivity index (χ1) is 13.0. The van der Waals surface area contributed by atoms with Gasteiger partial charge in [0.15, 0.2) is 0 Å². The Morgan fingerprint density at radius 3 is 2.37 bits per heavy atom. The molecule has 1 aliphatic rings. The third-order valence-electron chi connectivity index (χ3n) is 5.06. The number of para-hydroxylation sites is 3. The van der Waals surface area contributed by atoms with E-state index in [-0.39, 0.29) is 23.3 Å². The van der Waals surface area contributed by atoms with Crippen LogP contribution in [0.1, 0.15) is 12.5 Å². The van der Waals surface area contributed by atoms with E-state index in [4.69, 9.17) is 0 Å². The summed E-state index contributed by atoms with van der Waals surface area (Å²) in [5.74, 6) is -0.228. The van der Waals surface area contributed by atoms with Crippen molar-refractivity contribution in [3.63, 3.8) is 0 Å². The van der Waals surface area contributed by atoms with Crippen molar-refractivity contribution < 1.29 is 9.72 Å². The fourth-order valence-corrected chi connectivity index (χ4v) is 3.41. The van der Waals surface area contributed by atoms with Gasteiger partial charge in [0.25, 0.3) is 5.69 Å². The molecule has 1 aliphatic heterocycles. The zero-order chi connectivity index (χ0) is 19.4. The lowest BCUT2D eigenvalue weighted by Crippen LogP contribution is -2.53. The largest absolute Gasteiger partial charge is 0.369 e. The summed E-state index contributed by atoms with van der Waals surface area (Å²) in [6, 6.07) is 14.1. The number of benzene rings is 2. The molecule has 0 spiro atoms. The first kappa shape index (κ1) is 18.8. The topological polar surface area (TPSA) is 78.7 Å². The molecule has 0 bridgehead atoms. The Morgan fingerprint density at radius 1 is 1.07 bits per heavy atom. The minimum atomic E-state index is -0.485. The normalized spacial score (nSPS) is 16.0. The van der Waals surface area contributed by atoms with Crippen molar-refractivity contribution in [3.05, 3.63) is 64.2 Å². The van der Waals surface area contributed by atoms with Gasteiger partial charge in [-0.05, 0) is 31.5 Å². The number of nitro groups is 1. The predicted molar refractivity (Wildman–Crippen MR) is 106 cm³/mol. The second kappa shape index (κ2) is 8.18. The second-order valence-electron chi connectivity index (χ2n) is 6.75. The number of aryl methyl sites for hydroxylation is 1. The van der Waals surface area contributed by atoms with Crippen molar-refractivity contribution in [3.8, 4) is 0 Å². The van der Waals surface area contributed by atoms with E-state index in [1.54, 1.807) is 18.2 Å². The van der Waals surface area contributed by atoms with Crippen LogP contribution in [-0.2, 0) is 4.79 Å². The SMILES string of the molecule is Cc1ccccc1N1CCN([C@@H](C)C(=O)Nc2ccccc2[N+](=O)[O-])CC1. The van der Waals surface area contributed by atoms with E-state index in [2.05, 4.69) is 34.2 Å². The molecule has 27 heavy (non-hydrogen) atoms. The van der Waals surface area contributed by atoms with Gasteiger partial charge in [0, 0.05) is 37.9 Å². The van der Waals surface area contributed by atoms with E-state index in [9.17, 15) is 14.9 Å². The van der Waals surface area contributed by atoms with Crippen LogP contribution in [0.4, 0.5) is 17.1 Å². The first-order valence-corrected chi connectivity index (χ1v) is 9.06. The summed E-state index contributed by atoms with van der Waals surface area (Å²) >= 11 is 0. The Kier molecular flexibility index (Phi) is 5.71. The Balaban J connectivity index is 1.61. The molecule has 2 aromatic carbocycles. The van der Waals surface area contributed by atoms with Crippen LogP contribution in [0.15, 0.2) is 48.5 Å². The van der Waals surface area contributed by atoms with Gasteiger partial charge in [-0.3, -0.25) is 19.8 Å². The van der Waals surface area contributed by atoms with Crippen LogP contribution < -0.4 is 10.2 Å². The Hall–Kier alpha value is -2.93. The van der Waals surface area contributed by atoms with Gasteiger partial charge >= 0.3 is 0 Å². The minimum Gasteiger partial charge on any atom is -0.369 e. The summed E-state index contributed by atoms with van der Waals surface area (Å²) < 4.78 is 0. The van der Waals surface area contributed by atoms with Gasteiger partial charge in [-0.1, -0.05) is 30.3 Å². The average Bonchev–Trinajstić information content (AvgIpc) is 2.68. The summed E-state index contributed by atoms with van der Waals surface area (Å²) in [5.41, 5.74) is 2.61. The molecule has 2 aromatic rings. The molecule has 1 amide bonds. The van der Waals surface area contributed by atoms with Gasteiger partial charge in [0.05, 0.1) is 11.0 Å². The number of carbonyl (C=O) groups excluding carboxylic acids is 1. The molecule has 1 fully saturated rings. The fraction of sp³-hybridized carbons (Fsp3) is 0.350. The lowest BCUT2D eigenvalue weighted by atomic mass is 10.1. The molecular weight excluding hydrogens is 344 g/mol. The Morgan fingerprint density at radius 2 is 1.70 bits per heavy atom. The molecule has 0 radical (unpaired) electrons. The molecule has 0 saturated carbocycles. The molecule has 142 valence electrons. The summed E-state index contributed by atoms with van der Waals surface area (Å²) in [6.45, 7) is 7.15. The molecule has 3 rings (SSSR count). The van der Waals surface area contributed by atoms with Crippen LogP contribution in [0.25, 0.3) is 0 Å². The highest BCUT2D eigenvalue weighted by atomic mass is 16.6. The van der Waals surface area contributed by atoms with E-state index in [0.717, 1.165) is 26.2 Å². The third-order valence-corrected chi connectivity index (χ3v) is 5.06. The minimum absolute atomic E-state index is 0.0950. The van der Waals surface area contributed by atoms with Crippen molar-refractivity contribution >= 4 is 23.0 Å². The van der Waals surface area contributed by atoms with Crippen LogP contribution in [0.5, 0.6) is 0 Å². The zero-order valence-electron chi connectivity index (χ0n) is 15.6. The van der Waals surface area contributed by atoms with Crippen LogP contribution in [0.2, 0.25) is 0 Å². The number of nitrogens with one attached hydrogen (secondary N) is 1. The molecule has 0 unspecified atom stereocenters. The number of hydrogen-bond donors (Lipinski definition) is 1. The summed E-state index contributed by atoms with van der Waals surface area (Å²) in [7, 11) is 0. The number of anilines is 2. The molecular formula is C20H24N4O3. The van der Waals surface area contributed by atoms with Crippen molar-refractivity contribution in [2.75, 3.05) is 36.4 Å². The summed E-state index contributed by atoms with van der Waals surface area (Å²) in [5, 5.41) is 13.8. The smallest absolute Gasteiger partial charge is 0.292 e. The van der Waals surface area contributed by atoms with E-state index in [1.807, 2.05) is 19.1 Å². The number of amides is 1.